The molecule has 3 rings (SSSR count). The molecule has 1 unspecified atom stereocenters. The molecule has 0 radical (unpaired) electrons. The Morgan fingerprint density at radius 3 is 2.62 bits per heavy atom. The first-order valence-corrected chi connectivity index (χ1v) is 8.83. The molecule has 6 nitrogen and oxygen atoms in total. The maximum Gasteiger partial charge on any atom is 0.308 e. The molecule has 0 spiro atoms. The Bertz CT molecular complexity index is 978. The van der Waals surface area contributed by atoms with Crippen LogP contribution in [-0.2, 0) is 4.79 Å². The standard InChI is InChI=1S/C18H18FN3O3S/c1-10(18(24)25)9-21(3)16(23)15-8-14-11(2)20-22(17(14)26-15)13-6-4-12(19)5-7-13/h4-8,10H,9H2,1-3H3,(H,24,25). The monoisotopic (exact) mass is 375 g/mol. The van der Waals surface area contributed by atoms with Crippen molar-refractivity contribution in [1.29, 1.82) is 0 Å². The Kier molecular flexibility index (Phi) is 4.78. The minimum atomic E-state index is -0.941. The van der Waals surface area contributed by atoms with E-state index in [2.05, 4.69) is 5.10 Å². The van der Waals surface area contributed by atoms with Crippen molar-refractivity contribution in [3.8, 4) is 5.69 Å². The Balaban J connectivity index is 1.94. The van der Waals surface area contributed by atoms with Crippen molar-refractivity contribution < 1.29 is 19.1 Å². The van der Waals surface area contributed by atoms with Gasteiger partial charge in [0.2, 0.25) is 0 Å². The van der Waals surface area contributed by atoms with Gasteiger partial charge < -0.3 is 10.0 Å². The van der Waals surface area contributed by atoms with Gasteiger partial charge in [-0.3, -0.25) is 9.59 Å². The third-order valence-electron chi connectivity index (χ3n) is 4.14. The largest absolute Gasteiger partial charge is 0.481 e. The minimum Gasteiger partial charge on any atom is -0.481 e. The first-order valence-electron chi connectivity index (χ1n) is 8.01. The molecule has 136 valence electrons. The molecule has 3 aromatic rings. The normalized spacial score (nSPS) is 12.3. The Morgan fingerprint density at radius 1 is 1.35 bits per heavy atom. The van der Waals surface area contributed by atoms with E-state index in [-0.39, 0.29) is 18.3 Å². The lowest BCUT2D eigenvalue weighted by Gasteiger charge is -2.18. The number of nitrogens with zero attached hydrogens (tertiary/aromatic N) is 3. The fraction of sp³-hybridized carbons (Fsp3) is 0.278. The summed E-state index contributed by atoms with van der Waals surface area (Å²) in [5.74, 6) is -2.15. The highest BCUT2D eigenvalue weighted by molar-refractivity contribution is 7.20. The van der Waals surface area contributed by atoms with Gasteiger partial charge in [0.1, 0.15) is 10.6 Å². The van der Waals surface area contributed by atoms with Crippen LogP contribution in [0, 0.1) is 18.7 Å². The zero-order chi connectivity index (χ0) is 19.0. The molecular formula is C18H18FN3O3S. The minimum absolute atomic E-state index is 0.130. The van der Waals surface area contributed by atoms with E-state index in [1.54, 1.807) is 36.9 Å². The van der Waals surface area contributed by atoms with Crippen LogP contribution in [0.3, 0.4) is 0 Å². The Morgan fingerprint density at radius 2 is 2.00 bits per heavy atom. The van der Waals surface area contributed by atoms with Gasteiger partial charge >= 0.3 is 5.97 Å². The van der Waals surface area contributed by atoms with Crippen LogP contribution in [0.2, 0.25) is 0 Å². The molecule has 1 N–H and O–H groups in total. The molecule has 0 aliphatic rings. The van der Waals surface area contributed by atoms with Crippen molar-refractivity contribution >= 4 is 33.4 Å². The van der Waals surface area contributed by atoms with E-state index in [1.165, 1.54) is 28.4 Å². The number of carboxylic acids is 1. The van der Waals surface area contributed by atoms with Crippen molar-refractivity contribution in [1.82, 2.24) is 14.7 Å². The van der Waals surface area contributed by atoms with E-state index in [9.17, 15) is 14.0 Å². The first kappa shape index (κ1) is 18.1. The third-order valence-corrected chi connectivity index (χ3v) is 5.24. The number of carbonyl (C=O) groups is 2. The number of benzene rings is 1. The summed E-state index contributed by atoms with van der Waals surface area (Å²) in [4.78, 5) is 26.3. The smallest absolute Gasteiger partial charge is 0.308 e. The summed E-state index contributed by atoms with van der Waals surface area (Å²) in [5, 5.41) is 14.3. The van der Waals surface area contributed by atoms with Gasteiger partial charge in [0.05, 0.1) is 22.2 Å². The molecule has 0 saturated heterocycles. The number of hydrogen-bond acceptors (Lipinski definition) is 4. The molecule has 2 heterocycles. The highest BCUT2D eigenvalue weighted by Crippen LogP contribution is 2.31. The van der Waals surface area contributed by atoms with E-state index in [1.807, 2.05) is 6.92 Å². The van der Waals surface area contributed by atoms with Crippen LogP contribution in [0.1, 0.15) is 22.3 Å². The van der Waals surface area contributed by atoms with E-state index >= 15 is 0 Å². The summed E-state index contributed by atoms with van der Waals surface area (Å²) in [6.07, 6.45) is 0. The predicted molar refractivity (Wildman–Crippen MR) is 97.4 cm³/mol. The number of fused-ring (bicyclic) bond motifs is 1. The van der Waals surface area contributed by atoms with Crippen molar-refractivity contribution in [3.63, 3.8) is 0 Å². The summed E-state index contributed by atoms with van der Waals surface area (Å²) in [6, 6.07) is 7.75. The van der Waals surface area contributed by atoms with Gasteiger partial charge in [0.25, 0.3) is 5.91 Å². The maximum absolute atomic E-state index is 13.2. The van der Waals surface area contributed by atoms with E-state index < -0.39 is 11.9 Å². The Labute approximate surface area is 153 Å². The first-order chi connectivity index (χ1) is 12.3. The Hall–Kier alpha value is -2.74. The number of carbonyl (C=O) groups excluding carboxylic acids is 1. The average Bonchev–Trinajstić information content (AvgIpc) is 3.15. The molecule has 26 heavy (non-hydrogen) atoms. The van der Waals surface area contributed by atoms with E-state index in [0.717, 1.165) is 15.9 Å². The fourth-order valence-corrected chi connectivity index (χ4v) is 3.85. The summed E-state index contributed by atoms with van der Waals surface area (Å²) in [6.45, 7) is 3.54. The van der Waals surface area contributed by atoms with Gasteiger partial charge in [-0.1, -0.05) is 6.92 Å². The molecule has 0 bridgehead atoms. The van der Waals surface area contributed by atoms with Crippen molar-refractivity contribution in [2.24, 2.45) is 5.92 Å². The van der Waals surface area contributed by atoms with Gasteiger partial charge in [0, 0.05) is 19.0 Å². The number of aliphatic carboxylic acids is 1. The quantitative estimate of drug-likeness (QED) is 0.742. The molecule has 0 saturated carbocycles. The van der Waals surface area contributed by atoms with Crippen molar-refractivity contribution in [2.45, 2.75) is 13.8 Å². The highest BCUT2D eigenvalue weighted by Gasteiger charge is 2.22. The second-order valence-corrected chi connectivity index (χ2v) is 7.26. The molecule has 1 aromatic carbocycles. The maximum atomic E-state index is 13.2. The number of aromatic nitrogens is 2. The summed E-state index contributed by atoms with van der Waals surface area (Å²) < 4.78 is 14.8. The van der Waals surface area contributed by atoms with E-state index in [0.29, 0.717) is 10.6 Å². The van der Waals surface area contributed by atoms with Gasteiger partial charge in [-0.25, -0.2) is 9.07 Å². The van der Waals surface area contributed by atoms with Gasteiger partial charge in [-0.05, 0) is 37.3 Å². The summed E-state index contributed by atoms with van der Waals surface area (Å²) in [5.41, 5.74) is 1.47. The zero-order valence-corrected chi connectivity index (χ0v) is 15.4. The van der Waals surface area contributed by atoms with Crippen molar-refractivity contribution in [3.05, 3.63) is 46.7 Å². The molecule has 0 fully saturated rings. The second kappa shape index (κ2) is 6.87. The number of halogens is 1. The molecular weight excluding hydrogens is 357 g/mol. The number of amides is 1. The highest BCUT2D eigenvalue weighted by atomic mass is 32.1. The van der Waals surface area contributed by atoms with Crippen LogP contribution in [0.15, 0.2) is 30.3 Å². The molecule has 1 atom stereocenters. The van der Waals surface area contributed by atoms with Crippen LogP contribution < -0.4 is 0 Å². The van der Waals surface area contributed by atoms with E-state index in [4.69, 9.17) is 5.11 Å². The molecule has 1 amide bonds. The van der Waals surface area contributed by atoms with Crippen LogP contribution in [0.5, 0.6) is 0 Å². The fourth-order valence-electron chi connectivity index (χ4n) is 2.67. The second-order valence-electron chi connectivity index (χ2n) is 6.23. The third kappa shape index (κ3) is 3.32. The average molecular weight is 375 g/mol. The number of carboxylic acid groups (broad SMARTS) is 1. The lowest BCUT2D eigenvalue weighted by molar-refractivity contribution is -0.141. The SMILES string of the molecule is Cc1nn(-c2ccc(F)cc2)c2sc(C(=O)N(C)CC(C)C(=O)O)cc12. The van der Waals surface area contributed by atoms with Crippen LogP contribution >= 0.6 is 11.3 Å². The van der Waals surface area contributed by atoms with Crippen LogP contribution in [-0.4, -0.2) is 45.3 Å². The lowest BCUT2D eigenvalue weighted by atomic mass is 10.2. The predicted octanol–water partition coefficient (Wildman–Crippen LogP) is 3.33. The summed E-state index contributed by atoms with van der Waals surface area (Å²) in [7, 11) is 1.59. The molecule has 8 heteroatoms. The topological polar surface area (TPSA) is 75.4 Å². The van der Waals surface area contributed by atoms with Gasteiger partial charge in [-0.15, -0.1) is 11.3 Å². The van der Waals surface area contributed by atoms with Crippen molar-refractivity contribution in [2.75, 3.05) is 13.6 Å². The number of hydrogen-bond donors (Lipinski definition) is 1. The van der Waals surface area contributed by atoms with Gasteiger partial charge in [0.15, 0.2) is 0 Å². The summed E-state index contributed by atoms with van der Waals surface area (Å²) >= 11 is 1.28. The molecule has 0 aliphatic heterocycles. The van der Waals surface area contributed by atoms with Crippen LogP contribution in [0.4, 0.5) is 4.39 Å². The van der Waals surface area contributed by atoms with Crippen LogP contribution in [0.25, 0.3) is 15.9 Å². The van der Waals surface area contributed by atoms with Gasteiger partial charge in [-0.2, -0.15) is 5.10 Å². The molecule has 0 aliphatic carbocycles. The molecule has 2 aromatic heterocycles. The number of thiophene rings is 1. The zero-order valence-electron chi connectivity index (χ0n) is 14.6. The number of aryl methyl sites for hydroxylation is 1. The lowest BCUT2D eigenvalue weighted by Crippen LogP contribution is -2.33. The number of rotatable bonds is 5.